The van der Waals surface area contributed by atoms with Crippen molar-refractivity contribution in [2.45, 2.75) is 53.0 Å². The summed E-state index contributed by atoms with van der Waals surface area (Å²) in [7, 11) is 0. The molecule has 1 fully saturated rings. The van der Waals surface area contributed by atoms with Gasteiger partial charge in [0.1, 0.15) is 6.33 Å². The molecule has 18 heavy (non-hydrogen) atoms. The monoisotopic (exact) mass is 249 g/mol. The molecule has 0 N–H and O–H groups in total. The Bertz CT molecular complexity index is 403. The highest BCUT2D eigenvalue weighted by molar-refractivity contribution is 5.94. The lowest BCUT2D eigenvalue weighted by Gasteiger charge is -2.29. The normalized spacial score (nSPS) is 24.4. The summed E-state index contributed by atoms with van der Waals surface area (Å²) in [5.74, 6) is 2.43. The summed E-state index contributed by atoms with van der Waals surface area (Å²) < 4.78 is 1.71. The van der Waals surface area contributed by atoms with Crippen molar-refractivity contribution in [1.29, 1.82) is 0 Å². The average molecular weight is 249 g/mol. The van der Waals surface area contributed by atoms with E-state index in [1.807, 2.05) is 6.92 Å². The average Bonchev–Trinajstić information content (AvgIpc) is 2.86. The minimum atomic E-state index is 0.162. The third kappa shape index (κ3) is 2.62. The van der Waals surface area contributed by atoms with Crippen molar-refractivity contribution in [3.05, 3.63) is 12.2 Å². The molecule has 2 rings (SSSR count). The van der Waals surface area contributed by atoms with Crippen LogP contribution in [-0.4, -0.2) is 20.5 Å². The first-order valence-corrected chi connectivity index (χ1v) is 7.05. The van der Waals surface area contributed by atoms with Crippen LogP contribution < -0.4 is 0 Å². The fourth-order valence-electron chi connectivity index (χ4n) is 2.92. The van der Waals surface area contributed by atoms with Gasteiger partial charge in [0.15, 0.2) is 5.82 Å². The summed E-state index contributed by atoms with van der Waals surface area (Å²) in [5, 5.41) is 4.08. The number of aromatic nitrogens is 3. The molecule has 0 unspecified atom stereocenters. The second-order valence-electron chi connectivity index (χ2n) is 5.62. The summed E-state index contributed by atoms with van der Waals surface area (Å²) in [6.45, 7) is 7.25. The zero-order valence-corrected chi connectivity index (χ0v) is 11.6. The van der Waals surface area contributed by atoms with Crippen LogP contribution in [0.5, 0.6) is 0 Å². The Morgan fingerprint density at radius 3 is 2.61 bits per heavy atom. The minimum Gasteiger partial charge on any atom is -0.290 e. The molecule has 1 aliphatic carbocycles. The molecule has 0 bridgehead atoms. The second kappa shape index (κ2) is 5.63. The lowest BCUT2D eigenvalue weighted by Crippen LogP contribution is -2.26. The van der Waals surface area contributed by atoms with Gasteiger partial charge in [-0.15, -0.1) is 0 Å². The molecule has 0 saturated heterocycles. The highest BCUT2D eigenvalue weighted by Gasteiger charge is 2.30. The van der Waals surface area contributed by atoms with Crippen LogP contribution in [0, 0.1) is 17.8 Å². The number of hydrogen-bond acceptors (Lipinski definition) is 3. The predicted octanol–water partition coefficient (Wildman–Crippen LogP) is 2.94. The smallest absolute Gasteiger partial charge is 0.202 e. The summed E-state index contributed by atoms with van der Waals surface area (Å²) in [6, 6.07) is 0. The van der Waals surface area contributed by atoms with Gasteiger partial charge < -0.3 is 0 Å². The second-order valence-corrected chi connectivity index (χ2v) is 5.62. The van der Waals surface area contributed by atoms with Gasteiger partial charge in [-0.25, -0.2) is 9.67 Å². The molecular formula is C14H23N3O. The van der Waals surface area contributed by atoms with E-state index in [-0.39, 0.29) is 11.7 Å². The van der Waals surface area contributed by atoms with Crippen LogP contribution in [-0.2, 0) is 6.54 Å². The molecule has 100 valence electrons. The Kier molecular flexibility index (Phi) is 4.15. The van der Waals surface area contributed by atoms with E-state index in [1.165, 1.54) is 19.2 Å². The Balaban J connectivity index is 2.00. The first-order valence-electron chi connectivity index (χ1n) is 7.05. The van der Waals surface area contributed by atoms with Gasteiger partial charge >= 0.3 is 0 Å². The Morgan fingerprint density at radius 2 is 2.06 bits per heavy atom. The lowest BCUT2D eigenvalue weighted by molar-refractivity contribution is 0.0842. The maximum Gasteiger partial charge on any atom is 0.202 e. The molecule has 4 heteroatoms. The quantitative estimate of drug-likeness (QED) is 0.771. The molecule has 0 aromatic carbocycles. The fraction of sp³-hybridized carbons (Fsp3) is 0.786. The molecule has 1 aromatic heterocycles. The number of carbonyl (C=O) groups is 1. The van der Waals surface area contributed by atoms with E-state index in [0.29, 0.717) is 12.4 Å². The van der Waals surface area contributed by atoms with Crippen LogP contribution in [0.15, 0.2) is 6.33 Å². The Labute approximate surface area is 109 Å². The molecule has 1 aromatic rings. The maximum atomic E-state index is 12.4. The lowest BCUT2D eigenvalue weighted by atomic mass is 9.75. The standard InChI is InChI=1S/C14H23N3O/c1-4-17-14(15-9-16-17)13(18)12-7-5-11(6-8-12)10(2)3/h9-12H,4-8H2,1-3H3. The number of aryl methyl sites for hydroxylation is 1. The number of Topliss-reactive ketones (excluding diaryl/α,β-unsaturated/α-hetero) is 1. The van der Waals surface area contributed by atoms with E-state index in [4.69, 9.17) is 0 Å². The largest absolute Gasteiger partial charge is 0.290 e. The summed E-state index contributed by atoms with van der Waals surface area (Å²) >= 11 is 0. The zero-order chi connectivity index (χ0) is 13.1. The third-order valence-electron chi connectivity index (χ3n) is 4.22. The van der Waals surface area contributed by atoms with Crippen LogP contribution >= 0.6 is 0 Å². The van der Waals surface area contributed by atoms with Crippen molar-refractivity contribution in [3.8, 4) is 0 Å². The highest BCUT2D eigenvalue weighted by Crippen LogP contribution is 2.34. The number of carbonyl (C=O) groups excluding carboxylic acids is 1. The van der Waals surface area contributed by atoms with E-state index in [0.717, 1.165) is 24.7 Å². The van der Waals surface area contributed by atoms with E-state index in [1.54, 1.807) is 4.68 Å². The van der Waals surface area contributed by atoms with Gasteiger partial charge in [0, 0.05) is 12.5 Å². The molecule has 0 aliphatic heterocycles. The van der Waals surface area contributed by atoms with Crippen molar-refractivity contribution < 1.29 is 4.79 Å². The summed E-state index contributed by atoms with van der Waals surface area (Å²) in [5.41, 5.74) is 0. The van der Waals surface area contributed by atoms with Crippen molar-refractivity contribution in [1.82, 2.24) is 14.8 Å². The van der Waals surface area contributed by atoms with Crippen molar-refractivity contribution >= 4 is 5.78 Å². The molecule has 1 heterocycles. The zero-order valence-electron chi connectivity index (χ0n) is 11.6. The first-order chi connectivity index (χ1) is 8.63. The maximum absolute atomic E-state index is 12.4. The number of nitrogens with zero attached hydrogens (tertiary/aromatic N) is 3. The van der Waals surface area contributed by atoms with Crippen LogP contribution in [0.25, 0.3) is 0 Å². The molecule has 0 radical (unpaired) electrons. The Hall–Kier alpha value is -1.19. The van der Waals surface area contributed by atoms with Gasteiger partial charge in [-0.3, -0.25) is 4.79 Å². The van der Waals surface area contributed by atoms with Crippen molar-refractivity contribution in [3.63, 3.8) is 0 Å². The van der Waals surface area contributed by atoms with Gasteiger partial charge in [-0.05, 0) is 44.4 Å². The van der Waals surface area contributed by atoms with E-state index < -0.39 is 0 Å². The molecule has 4 nitrogen and oxygen atoms in total. The van der Waals surface area contributed by atoms with Crippen LogP contribution in [0.4, 0.5) is 0 Å². The molecular weight excluding hydrogens is 226 g/mol. The fourth-order valence-corrected chi connectivity index (χ4v) is 2.92. The summed E-state index contributed by atoms with van der Waals surface area (Å²) in [4.78, 5) is 16.5. The van der Waals surface area contributed by atoms with E-state index in [2.05, 4.69) is 23.9 Å². The highest BCUT2D eigenvalue weighted by atomic mass is 16.1. The molecule has 0 atom stereocenters. The van der Waals surface area contributed by atoms with Crippen molar-refractivity contribution in [2.24, 2.45) is 17.8 Å². The van der Waals surface area contributed by atoms with E-state index >= 15 is 0 Å². The van der Waals surface area contributed by atoms with Gasteiger partial charge in [0.2, 0.25) is 5.78 Å². The van der Waals surface area contributed by atoms with Gasteiger partial charge in [-0.1, -0.05) is 13.8 Å². The minimum absolute atomic E-state index is 0.162. The van der Waals surface area contributed by atoms with Gasteiger partial charge in [-0.2, -0.15) is 5.10 Å². The van der Waals surface area contributed by atoms with Crippen LogP contribution in [0.2, 0.25) is 0 Å². The molecule has 0 amide bonds. The molecule has 0 spiro atoms. The number of hydrogen-bond donors (Lipinski definition) is 0. The topological polar surface area (TPSA) is 47.8 Å². The summed E-state index contributed by atoms with van der Waals surface area (Å²) in [6.07, 6.45) is 5.86. The number of rotatable bonds is 4. The molecule has 1 saturated carbocycles. The number of ketones is 1. The predicted molar refractivity (Wildman–Crippen MR) is 70.3 cm³/mol. The van der Waals surface area contributed by atoms with Crippen LogP contribution in [0.3, 0.4) is 0 Å². The van der Waals surface area contributed by atoms with Crippen LogP contribution in [0.1, 0.15) is 57.1 Å². The van der Waals surface area contributed by atoms with Gasteiger partial charge in [0.25, 0.3) is 0 Å². The van der Waals surface area contributed by atoms with Crippen molar-refractivity contribution in [2.75, 3.05) is 0 Å². The first kappa shape index (κ1) is 13.2. The van der Waals surface area contributed by atoms with E-state index in [9.17, 15) is 4.79 Å². The third-order valence-corrected chi connectivity index (χ3v) is 4.22. The SMILES string of the molecule is CCn1ncnc1C(=O)C1CCC(C(C)C)CC1. The molecule has 1 aliphatic rings. The van der Waals surface area contributed by atoms with Gasteiger partial charge in [0.05, 0.1) is 0 Å². The Morgan fingerprint density at radius 1 is 1.39 bits per heavy atom.